The third-order valence-electron chi connectivity index (χ3n) is 2.29. The number of aromatic nitrogens is 3. The Morgan fingerprint density at radius 1 is 1.19 bits per heavy atom. The fourth-order valence-corrected chi connectivity index (χ4v) is 2.29. The topological polar surface area (TPSA) is 62.7 Å². The molecule has 0 aliphatic heterocycles. The standard InChI is InChI=1S/C12H12ClF2N5S/c1-2-16-11-18-9(13)19-12(20-11)17-7-5-3-4-6-8(7)21-10(14)15/h3-6,10H,2H2,1H3,(H2,16,17,18,19,20). The summed E-state index contributed by atoms with van der Waals surface area (Å²) in [4.78, 5) is 12.3. The van der Waals surface area contributed by atoms with E-state index in [0.29, 0.717) is 34.8 Å². The number of rotatable bonds is 6. The third-order valence-corrected chi connectivity index (χ3v) is 3.25. The summed E-state index contributed by atoms with van der Waals surface area (Å²) in [5.74, 6) is -2.00. The Hall–Kier alpha value is -1.67. The van der Waals surface area contributed by atoms with E-state index in [0.717, 1.165) is 0 Å². The molecule has 0 saturated heterocycles. The van der Waals surface area contributed by atoms with Crippen LogP contribution in [0.2, 0.25) is 5.28 Å². The molecule has 112 valence electrons. The number of halogens is 3. The summed E-state index contributed by atoms with van der Waals surface area (Å²) in [5.41, 5.74) is 0.479. The Balaban J connectivity index is 2.25. The Morgan fingerprint density at radius 3 is 2.62 bits per heavy atom. The van der Waals surface area contributed by atoms with Crippen LogP contribution >= 0.6 is 23.4 Å². The molecule has 1 aromatic carbocycles. The molecule has 0 fully saturated rings. The number of hydrogen-bond donors (Lipinski definition) is 2. The summed E-state index contributed by atoms with van der Waals surface area (Å²) < 4.78 is 25.1. The van der Waals surface area contributed by atoms with Gasteiger partial charge in [0, 0.05) is 11.4 Å². The Morgan fingerprint density at radius 2 is 1.90 bits per heavy atom. The van der Waals surface area contributed by atoms with Crippen LogP contribution in [0.25, 0.3) is 0 Å². The highest BCUT2D eigenvalue weighted by molar-refractivity contribution is 7.99. The van der Waals surface area contributed by atoms with Crippen molar-refractivity contribution in [3.8, 4) is 0 Å². The molecule has 2 aromatic rings. The Labute approximate surface area is 129 Å². The first-order valence-electron chi connectivity index (χ1n) is 6.04. The molecule has 0 aliphatic rings. The summed E-state index contributed by atoms with van der Waals surface area (Å²) in [7, 11) is 0. The zero-order valence-electron chi connectivity index (χ0n) is 11.0. The number of anilines is 3. The lowest BCUT2D eigenvalue weighted by atomic mass is 10.3. The summed E-state index contributed by atoms with van der Waals surface area (Å²) in [6.45, 7) is 2.51. The molecule has 0 amide bonds. The zero-order chi connectivity index (χ0) is 15.2. The average molecular weight is 332 g/mol. The number of thioether (sulfide) groups is 1. The lowest BCUT2D eigenvalue weighted by molar-refractivity contribution is 0.252. The molecule has 0 unspecified atom stereocenters. The van der Waals surface area contributed by atoms with Crippen LogP contribution in [0.3, 0.4) is 0 Å². The molecule has 1 heterocycles. The van der Waals surface area contributed by atoms with Gasteiger partial charge >= 0.3 is 0 Å². The highest BCUT2D eigenvalue weighted by Gasteiger charge is 2.11. The molecule has 0 radical (unpaired) electrons. The predicted octanol–water partition coefficient (Wildman–Crippen LogP) is 4.02. The second kappa shape index (κ2) is 7.37. The quantitative estimate of drug-likeness (QED) is 0.780. The van der Waals surface area contributed by atoms with Crippen molar-refractivity contribution in [3.05, 3.63) is 29.5 Å². The van der Waals surface area contributed by atoms with Crippen LogP contribution in [0.15, 0.2) is 29.2 Å². The van der Waals surface area contributed by atoms with Crippen molar-refractivity contribution >= 4 is 40.9 Å². The summed E-state index contributed by atoms with van der Waals surface area (Å²) in [6, 6.07) is 6.66. The molecule has 5 nitrogen and oxygen atoms in total. The van der Waals surface area contributed by atoms with Crippen molar-refractivity contribution in [2.45, 2.75) is 17.6 Å². The van der Waals surface area contributed by atoms with Crippen LogP contribution in [0.4, 0.5) is 26.4 Å². The number of para-hydroxylation sites is 1. The van der Waals surface area contributed by atoms with Gasteiger partial charge in [0.25, 0.3) is 5.76 Å². The lowest BCUT2D eigenvalue weighted by Gasteiger charge is -2.11. The molecule has 0 bridgehead atoms. The van der Waals surface area contributed by atoms with E-state index in [1.807, 2.05) is 6.92 Å². The van der Waals surface area contributed by atoms with Gasteiger partial charge in [0.05, 0.1) is 5.69 Å². The van der Waals surface area contributed by atoms with Crippen LogP contribution < -0.4 is 10.6 Å². The third kappa shape index (κ3) is 4.68. The molecule has 0 spiro atoms. The number of benzene rings is 1. The first-order chi connectivity index (χ1) is 10.1. The second-order valence-electron chi connectivity index (χ2n) is 3.78. The highest BCUT2D eigenvalue weighted by atomic mass is 35.5. The van der Waals surface area contributed by atoms with Crippen LogP contribution in [-0.2, 0) is 0 Å². The number of nitrogens with one attached hydrogen (secondary N) is 2. The van der Waals surface area contributed by atoms with Crippen molar-refractivity contribution in [2.75, 3.05) is 17.2 Å². The van der Waals surface area contributed by atoms with Crippen molar-refractivity contribution in [3.63, 3.8) is 0 Å². The fraction of sp³-hybridized carbons (Fsp3) is 0.250. The van der Waals surface area contributed by atoms with Crippen molar-refractivity contribution < 1.29 is 8.78 Å². The van der Waals surface area contributed by atoms with Crippen molar-refractivity contribution in [1.82, 2.24) is 15.0 Å². The zero-order valence-corrected chi connectivity index (χ0v) is 12.6. The summed E-state index contributed by atoms with van der Waals surface area (Å²) in [6.07, 6.45) is 0. The van der Waals surface area contributed by atoms with E-state index in [2.05, 4.69) is 25.6 Å². The second-order valence-corrected chi connectivity index (χ2v) is 5.15. The fourth-order valence-electron chi connectivity index (χ4n) is 1.53. The van der Waals surface area contributed by atoms with E-state index in [1.54, 1.807) is 24.3 Å². The molecule has 2 rings (SSSR count). The van der Waals surface area contributed by atoms with Gasteiger partial charge in [-0.05, 0) is 30.7 Å². The molecular weight excluding hydrogens is 320 g/mol. The maximum absolute atomic E-state index is 12.5. The van der Waals surface area contributed by atoms with E-state index in [1.165, 1.54) is 0 Å². The molecule has 9 heteroatoms. The van der Waals surface area contributed by atoms with Crippen molar-refractivity contribution in [1.29, 1.82) is 0 Å². The first kappa shape index (κ1) is 15.7. The monoisotopic (exact) mass is 331 g/mol. The molecule has 0 atom stereocenters. The molecule has 1 aromatic heterocycles. The molecule has 0 aliphatic carbocycles. The van der Waals surface area contributed by atoms with Crippen LogP contribution in [0.1, 0.15) is 6.92 Å². The summed E-state index contributed by atoms with van der Waals surface area (Å²) in [5, 5.41) is 5.80. The van der Waals surface area contributed by atoms with E-state index in [9.17, 15) is 8.78 Å². The lowest BCUT2D eigenvalue weighted by Crippen LogP contribution is -2.06. The van der Waals surface area contributed by atoms with Gasteiger partial charge < -0.3 is 10.6 Å². The minimum atomic E-state index is -2.51. The van der Waals surface area contributed by atoms with E-state index < -0.39 is 5.76 Å². The SMILES string of the molecule is CCNc1nc(Cl)nc(Nc2ccccc2SC(F)F)n1. The average Bonchev–Trinajstić information content (AvgIpc) is 2.40. The first-order valence-corrected chi connectivity index (χ1v) is 7.30. The van der Waals surface area contributed by atoms with Gasteiger partial charge in [0.1, 0.15) is 0 Å². The van der Waals surface area contributed by atoms with Crippen LogP contribution in [-0.4, -0.2) is 27.3 Å². The maximum Gasteiger partial charge on any atom is 0.288 e. The predicted molar refractivity (Wildman–Crippen MR) is 80.6 cm³/mol. The number of nitrogens with zero attached hydrogens (tertiary/aromatic N) is 3. The molecule has 2 N–H and O–H groups in total. The van der Waals surface area contributed by atoms with E-state index >= 15 is 0 Å². The van der Waals surface area contributed by atoms with Gasteiger partial charge in [-0.25, -0.2) is 0 Å². The molecular formula is C12H12ClF2N5S. The van der Waals surface area contributed by atoms with Gasteiger partial charge in [0.15, 0.2) is 0 Å². The minimum Gasteiger partial charge on any atom is -0.354 e. The van der Waals surface area contributed by atoms with Crippen molar-refractivity contribution in [2.24, 2.45) is 0 Å². The van der Waals surface area contributed by atoms with Gasteiger partial charge in [-0.3, -0.25) is 0 Å². The minimum absolute atomic E-state index is 0.0162. The number of hydrogen-bond acceptors (Lipinski definition) is 6. The van der Waals surface area contributed by atoms with E-state index in [4.69, 9.17) is 11.6 Å². The van der Waals surface area contributed by atoms with Gasteiger partial charge in [-0.15, -0.1) is 0 Å². The Bertz CT molecular complexity index is 614. The molecule has 21 heavy (non-hydrogen) atoms. The highest BCUT2D eigenvalue weighted by Crippen LogP contribution is 2.32. The van der Waals surface area contributed by atoms with Gasteiger partial charge in [0.2, 0.25) is 17.2 Å². The van der Waals surface area contributed by atoms with E-state index in [-0.39, 0.29) is 11.2 Å². The van der Waals surface area contributed by atoms with Crippen LogP contribution in [0, 0.1) is 0 Å². The number of alkyl halides is 2. The summed E-state index contributed by atoms with van der Waals surface area (Å²) >= 11 is 6.26. The van der Waals surface area contributed by atoms with Gasteiger partial charge in [-0.1, -0.05) is 23.9 Å². The molecule has 0 saturated carbocycles. The smallest absolute Gasteiger partial charge is 0.288 e. The maximum atomic E-state index is 12.5. The Kier molecular flexibility index (Phi) is 5.51. The largest absolute Gasteiger partial charge is 0.354 e. The normalized spacial score (nSPS) is 10.7. The van der Waals surface area contributed by atoms with Gasteiger partial charge in [-0.2, -0.15) is 23.7 Å². The van der Waals surface area contributed by atoms with Crippen LogP contribution in [0.5, 0.6) is 0 Å².